The number of pyridine rings is 1. The molecule has 29 heavy (non-hydrogen) atoms. The predicted molar refractivity (Wildman–Crippen MR) is 123 cm³/mol. The summed E-state index contributed by atoms with van der Waals surface area (Å²) in [5.74, 6) is 1.23. The number of hydrogen-bond donors (Lipinski definition) is 1. The number of halogens is 1. The third-order valence-corrected chi connectivity index (χ3v) is 5.33. The molecule has 0 radical (unpaired) electrons. The monoisotopic (exact) mass is 502 g/mol. The summed E-state index contributed by atoms with van der Waals surface area (Å²) in [4.78, 5) is 17.3. The third-order valence-electron chi connectivity index (χ3n) is 4.44. The molecule has 0 saturated carbocycles. The Morgan fingerprint density at radius 1 is 1.14 bits per heavy atom. The van der Waals surface area contributed by atoms with Gasteiger partial charge in [0.25, 0.3) is 5.91 Å². The van der Waals surface area contributed by atoms with Gasteiger partial charge in [0, 0.05) is 31.0 Å². The van der Waals surface area contributed by atoms with E-state index in [1.54, 1.807) is 13.2 Å². The summed E-state index contributed by atoms with van der Waals surface area (Å²) in [7, 11) is 1.68. The second-order valence-corrected chi connectivity index (χ2v) is 7.86. The molecular weight excluding hydrogens is 479 g/mol. The van der Waals surface area contributed by atoms with Crippen LogP contribution in [0, 0.1) is 10.5 Å². The Kier molecular flexibility index (Phi) is 7.22. The standard InChI is InChI=1S/C23H23IN2O3/c1-15(28-3)13-18-11-12-20(16(2)25-18)23(27)26-17-7-6-8-19(14-17)29-22-10-5-4-9-21(22)24/h4-12,14-15H,13H2,1-3H3,(H,26,27). The number of benzene rings is 2. The smallest absolute Gasteiger partial charge is 0.257 e. The lowest BCUT2D eigenvalue weighted by atomic mass is 10.1. The molecule has 3 aromatic rings. The number of carbonyl (C=O) groups excluding carboxylic acids is 1. The van der Waals surface area contributed by atoms with Gasteiger partial charge in [-0.1, -0.05) is 18.2 Å². The van der Waals surface area contributed by atoms with Crippen molar-refractivity contribution in [2.75, 3.05) is 12.4 Å². The Hall–Kier alpha value is -2.45. The molecular formula is C23H23IN2O3. The zero-order chi connectivity index (χ0) is 20.8. The summed E-state index contributed by atoms with van der Waals surface area (Å²) in [5, 5.41) is 2.93. The molecule has 1 N–H and O–H groups in total. The highest BCUT2D eigenvalue weighted by Crippen LogP contribution is 2.28. The van der Waals surface area contributed by atoms with Crippen molar-refractivity contribution in [3.63, 3.8) is 0 Å². The van der Waals surface area contributed by atoms with Crippen LogP contribution in [0.25, 0.3) is 0 Å². The third kappa shape index (κ3) is 5.77. The van der Waals surface area contributed by atoms with Gasteiger partial charge in [0.15, 0.2) is 0 Å². The Balaban J connectivity index is 1.71. The Bertz CT molecular complexity index is 1010. The van der Waals surface area contributed by atoms with Crippen LogP contribution >= 0.6 is 22.6 Å². The van der Waals surface area contributed by atoms with E-state index in [0.29, 0.717) is 29.1 Å². The van der Waals surface area contributed by atoms with Crippen LogP contribution in [-0.4, -0.2) is 24.1 Å². The number of nitrogens with zero attached hydrogens (tertiary/aromatic N) is 1. The number of nitrogens with one attached hydrogen (secondary N) is 1. The van der Waals surface area contributed by atoms with Gasteiger partial charge in [0.2, 0.25) is 0 Å². The molecule has 0 spiro atoms. The molecule has 3 rings (SSSR count). The van der Waals surface area contributed by atoms with E-state index in [-0.39, 0.29) is 12.0 Å². The lowest BCUT2D eigenvalue weighted by Crippen LogP contribution is -2.16. The van der Waals surface area contributed by atoms with Crippen LogP contribution in [0.1, 0.15) is 28.7 Å². The molecule has 0 aliphatic rings. The number of carbonyl (C=O) groups is 1. The summed E-state index contributed by atoms with van der Waals surface area (Å²) in [6.07, 6.45) is 0.786. The Morgan fingerprint density at radius 2 is 1.93 bits per heavy atom. The molecule has 1 aromatic heterocycles. The first-order chi connectivity index (χ1) is 14.0. The number of anilines is 1. The van der Waals surface area contributed by atoms with Gasteiger partial charge in [0.05, 0.1) is 20.9 Å². The lowest BCUT2D eigenvalue weighted by molar-refractivity contribution is 0.102. The highest BCUT2D eigenvalue weighted by molar-refractivity contribution is 14.1. The van der Waals surface area contributed by atoms with Crippen molar-refractivity contribution in [3.05, 3.63) is 81.2 Å². The number of aromatic nitrogens is 1. The van der Waals surface area contributed by atoms with Crippen molar-refractivity contribution in [1.29, 1.82) is 0 Å². The SMILES string of the molecule is COC(C)Cc1ccc(C(=O)Nc2cccc(Oc3ccccc3I)c2)c(C)n1. The largest absolute Gasteiger partial charge is 0.456 e. The quantitative estimate of drug-likeness (QED) is 0.427. The van der Waals surface area contributed by atoms with E-state index in [0.717, 1.165) is 15.0 Å². The van der Waals surface area contributed by atoms with Crippen molar-refractivity contribution in [3.8, 4) is 11.5 Å². The Labute approximate surface area is 184 Å². The molecule has 5 nitrogen and oxygen atoms in total. The molecule has 1 unspecified atom stereocenters. The van der Waals surface area contributed by atoms with Crippen LogP contribution in [0.15, 0.2) is 60.7 Å². The van der Waals surface area contributed by atoms with E-state index in [1.165, 1.54) is 0 Å². The molecule has 1 heterocycles. The van der Waals surface area contributed by atoms with E-state index in [1.807, 2.05) is 68.4 Å². The molecule has 1 atom stereocenters. The van der Waals surface area contributed by atoms with Gasteiger partial charge in [-0.05, 0) is 72.8 Å². The first kappa shape index (κ1) is 21.3. The molecule has 2 aromatic carbocycles. The first-order valence-corrected chi connectivity index (χ1v) is 10.4. The summed E-state index contributed by atoms with van der Waals surface area (Å²) < 4.78 is 12.2. The summed E-state index contributed by atoms with van der Waals surface area (Å²) in [5.41, 5.74) is 2.80. The van der Waals surface area contributed by atoms with Crippen molar-refractivity contribution >= 4 is 34.2 Å². The highest BCUT2D eigenvalue weighted by Gasteiger charge is 2.13. The van der Waals surface area contributed by atoms with Crippen LogP contribution in [0.4, 0.5) is 5.69 Å². The second-order valence-electron chi connectivity index (χ2n) is 6.70. The van der Waals surface area contributed by atoms with Crippen molar-refractivity contribution in [1.82, 2.24) is 4.98 Å². The molecule has 0 bridgehead atoms. The van der Waals surface area contributed by atoms with Gasteiger partial charge in [-0.25, -0.2) is 0 Å². The van der Waals surface area contributed by atoms with Crippen LogP contribution in [0.3, 0.4) is 0 Å². The number of rotatable bonds is 7. The minimum atomic E-state index is -0.201. The zero-order valence-electron chi connectivity index (χ0n) is 16.6. The molecule has 1 amide bonds. The maximum absolute atomic E-state index is 12.7. The maximum atomic E-state index is 12.7. The van der Waals surface area contributed by atoms with Crippen LogP contribution < -0.4 is 10.1 Å². The van der Waals surface area contributed by atoms with Crippen LogP contribution in [0.5, 0.6) is 11.5 Å². The summed E-state index contributed by atoms with van der Waals surface area (Å²) in [6, 6.07) is 18.8. The average Bonchev–Trinajstić information content (AvgIpc) is 2.70. The molecule has 0 aliphatic carbocycles. The first-order valence-electron chi connectivity index (χ1n) is 9.29. The average molecular weight is 502 g/mol. The number of aryl methyl sites for hydroxylation is 1. The van der Waals surface area contributed by atoms with E-state index < -0.39 is 0 Å². The van der Waals surface area contributed by atoms with Crippen molar-refractivity contribution in [2.24, 2.45) is 0 Å². The fraction of sp³-hybridized carbons (Fsp3) is 0.217. The number of para-hydroxylation sites is 1. The number of amides is 1. The van der Waals surface area contributed by atoms with Crippen molar-refractivity contribution < 1.29 is 14.3 Å². The second kappa shape index (κ2) is 9.84. The van der Waals surface area contributed by atoms with Gasteiger partial charge in [-0.2, -0.15) is 0 Å². The van der Waals surface area contributed by atoms with E-state index in [4.69, 9.17) is 9.47 Å². The van der Waals surface area contributed by atoms with Crippen LogP contribution in [0.2, 0.25) is 0 Å². The van der Waals surface area contributed by atoms with E-state index in [2.05, 4.69) is 32.9 Å². The van der Waals surface area contributed by atoms with Gasteiger partial charge in [0.1, 0.15) is 11.5 Å². The molecule has 0 saturated heterocycles. The van der Waals surface area contributed by atoms with Crippen LogP contribution in [-0.2, 0) is 11.2 Å². The van der Waals surface area contributed by atoms with Crippen molar-refractivity contribution in [2.45, 2.75) is 26.4 Å². The number of hydrogen-bond acceptors (Lipinski definition) is 4. The molecule has 6 heteroatoms. The normalized spacial score (nSPS) is 11.7. The van der Waals surface area contributed by atoms with Gasteiger partial charge in [-0.3, -0.25) is 9.78 Å². The predicted octanol–water partition coefficient (Wildman–Crippen LogP) is 5.62. The molecule has 0 fully saturated rings. The summed E-state index contributed by atoms with van der Waals surface area (Å²) in [6.45, 7) is 3.83. The number of ether oxygens (including phenoxy) is 2. The van der Waals surface area contributed by atoms with Gasteiger partial charge < -0.3 is 14.8 Å². The van der Waals surface area contributed by atoms with E-state index in [9.17, 15) is 4.79 Å². The Morgan fingerprint density at radius 3 is 2.66 bits per heavy atom. The summed E-state index contributed by atoms with van der Waals surface area (Å²) >= 11 is 2.23. The maximum Gasteiger partial charge on any atom is 0.257 e. The zero-order valence-corrected chi connectivity index (χ0v) is 18.8. The topological polar surface area (TPSA) is 60.5 Å². The minimum absolute atomic E-state index is 0.0805. The van der Waals surface area contributed by atoms with E-state index >= 15 is 0 Å². The highest BCUT2D eigenvalue weighted by atomic mass is 127. The van der Waals surface area contributed by atoms with Gasteiger partial charge >= 0.3 is 0 Å². The van der Waals surface area contributed by atoms with Gasteiger partial charge in [-0.15, -0.1) is 0 Å². The number of methoxy groups -OCH3 is 1. The molecule has 0 aliphatic heterocycles. The minimum Gasteiger partial charge on any atom is -0.456 e. The molecule has 150 valence electrons. The lowest BCUT2D eigenvalue weighted by Gasteiger charge is -2.12. The fourth-order valence-corrected chi connectivity index (χ4v) is 3.33. The fourth-order valence-electron chi connectivity index (χ4n) is 2.83.